The van der Waals surface area contributed by atoms with Crippen molar-refractivity contribution in [3.8, 4) is 0 Å². The Labute approximate surface area is 110 Å². The van der Waals surface area contributed by atoms with Crippen molar-refractivity contribution in [3.05, 3.63) is 24.2 Å². The Hall–Kier alpha value is -0.800. The molecule has 3 heteroatoms. The van der Waals surface area contributed by atoms with Gasteiger partial charge in [0.25, 0.3) is 0 Å². The number of hydrogen-bond donors (Lipinski definition) is 1. The molecule has 3 nitrogen and oxygen atoms in total. The second-order valence-electron chi connectivity index (χ2n) is 6.67. The lowest BCUT2D eigenvalue weighted by Gasteiger charge is -2.31. The third-order valence-electron chi connectivity index (χ3n) is 4.17. The van der Waals surface area contributed by atoms with Crippen molar-refractivity contribution >= 4 is 0 Å². The van der Waals surface area contributed by atoms with Crippen molar-refractivity contribution < 1.29 is 4.42 Å². The van der Waals surface area contributed by atoms with Gasteiger partial charge in [-0.05, 0) is 43.4 Å². The molecule has 1 aromatic heterocycles. The van der Waals surface area contributed by atoms with Crippen LogP contribution < -0.4 is 5.73 Å². The van der Waals surface area contributed by atoms with Crippen molar-refractivity contribution in [1.82, 2.24) is 4.90 Å². The molecule has 0 radical (unpaired) electrons. The molecule has 1 aromatic rings. The minimum atomic E-state index is 0.0925. The Balaban J connectivity index is 2.11. The molecular weight excluding hydrogens is 224 g/mol. The van der Waals surface area contributed by atoms with Gasteiger partial charge in [-0.25, -0.2) is 0 Å². The van der Waals surface area contributed by atoms with Crippen LogP contribution in [0.15, 0.2) is 22.8 Å². The second-order valence-corrected chi connectivity index (χ2v) is 6.67. The molecule has 18 heavy (non-hydrogen) atoms. The monoisotopic (exact) mass is 250 g/mol. The minimum Gasteiger partial charge on any atom is -0.468 e. The molecule has 0 bridgehead atoms. The largest absolute Gasteiger partial charge is 0.468 e. The summed E-state index contributed by atoms with van der Waals surface area (Å²) in [6.07, 6.45) is 3.00. The van der Waals surface area contributed by atoms with Crippen molar-refractivity contribution in [2.75, 3.05) is 13.1 Å². The summed E-state index contributed by atoms with van der Waals surface area (Å²) >= 11 is 0. The minimum absolute atomic E-state index is 0.0925. The van der Waals surface area contributed by atoms with Gasteiger partial charge in [-0.15, -0.1) is 0 Å². The van der Waals surface area contributed by atoms with Gasteiger partial charge in [0.15, 0.2) is 0 Å². The summed E-state index contributed by atoms with van der Waals surface area (Å²) in [5.41, 5.74) is 6.54. The maximum absolute atomic E-state index is 6.16. The lowest BCUT2D eigenvalue weighted by Crippen LogP contribution is -2.38. The quantitative estimate of drug-likeness (QED) is 0.896. The first kappa shape index (κ1) is 13.6. The van der Waals surface area contributed by atoms with Crippen LogP contribution in [0.2, 0.25) is 0 Å². The van der Waals surface area contributed by atoms with E-state index in [1.165, 1.54) is 6.42 Å². The van der Waals surface area contributed by atoms with Crippen LogP contribution in [0.4, 0.5) is 0 Å². The van der Waals surface area contributed by atoms with Crippen LogP contribution in [0.25, 0.3) is 0 Å². The second kappa shape index (κ2) is 5.06. The first-order valence-electron chi connectivity index (χ1n) is 6.92. The molecule has 0 spiro atoms. The summed E-state index contributed by atoms with van der Waals surface area (Å²) in [7, 11) is 0. The molecular formula is C15H26N2O. The SMILES string of the molecule is CC(N)C(c1ccco1)N1CCC(C(C)(C)C)C1. The van der Waals surface area contributed by atoms with E-state index in [4.69, 9.17) is 10.2 Å². The van der Waals surface area contributed by atoms with E-state index in [9.17, 15) is 0 Å². The maximum Gasteiger partial charge on any atom is 0.122 e. The van der Waals surface area contributed by atoms with E-state index in [-0.39, 0.29) is 12.1 Å². The first-order valence-corrected chi connectivity index (χ1v) is 6.92. The summed E-state index contributed by atoms with van der Waals surface area (Å²) in [5, 5.41) is 0. The third-order valence-corrected chi connectivity index (χ3v) is 4.17. The highest BCUT2D eigenvalue weighted by Gasteiger charge is 2.37. The summed E-state index contributed by atoms with van der Waals surface area (Å²) in [6, 6.07) is 4.29. The van der Waals surface area contributed by atoms with Crippen LogP contribution in [-0.2, 0) is 0 Å². The highest BCUT2D eigenvalue weighted by atomic mass is 16.3. The third kappa shape index (κ3) is 2.78. The average Bonchev–Trinajstić information content (AvgIpc) is 2.86. The molecule has 1 aliphatic rings. The van der Waals surface area contributed by atoms with Crippen molar-refractivity contribution in [2.45, 2.75) is 46.2 Å². The lowest BCUT2D eigenvalue weighted by molar-refractivity contribution is 0.163. The van der Waals surface area contributed by atoms with Crippen molar-refractivity contribution in [3.63, 3.8) is 0 Å². The van der Waals surface area contributed by atoms with Crippen LogP contribution >= 0.6 is 0 Å². The predicted molar refractivity (Wildman–Crippen MR) is 74.2 cm³/mol. The Bertz CT molecular complexity index is 364. The molecule has 0 amide bonds. The Morgan fingerprint density at radius 1 is 1.44 bits per heavy atom. The van der Waals surface area contributed by atoms with E-state index in [0.29, 0.717) is 5.41 Å². The van der Waals surface area contributed by atoms with E-state index in [1.807, 2.05) is 12.1 Å². The van der Waals surface area contributed by atoms with Crippen molar-refractivity contribution in [2.24, 2.45) is 17.1 Å². The fourth-order valence-corrected chi connectivity index (χ4v) is 2.98. The molecule has 3 atom stereocenters. The molecule has 3 unspecified atom stereocenters. The van der Waals surface area contributed by atoms with E-state index < -0.39 is 0 Å². The number of likely N-dealkylation sites (tertiary alicyclic amines) is 1. The Morgan fingerprint density at radius 3 is 2.61 bits per heavy atom. The maximum atomic E-state index is 6.16. The molecule has 102 valence electrons. The van der Waals surface area contributed by atoms with Gasteiger partial charge < -0.3 is 10.2 Å². The average molecular weight is 250 g/mol. The fourth-order valence-electron chi connectivity index (χ4n) is 2.98. The number of nitrogens with two attached hydrogens (primary N) is 1. The molecule has 2 N–H and O–H groups in total. The Morgan fingerprint density at radius 2 is 2.17 bits per heavy atom. The number of furan rings is 1. The molecule has 0 saturated carbocycles. The zero-order chi connectivity index (χ0) is 13.3. The summed E-state index contributed by atoms with van der Waals surface area (Å²) in [5.74, 6) is 1.74. The standard InChI is InChI=1S/C15H26N2O/c1-11(16)14(13-6-5-9-18-13)17-8-7-12(10-17)15(2,3)4/h5-6,9,11-12,14H,7-8,10,16H2,1-4H3. The van der Waals surface area contributed by atoms with Crippen LogP contribution in [0.3, 0.4) is 0 Å². The van der Waals surface area contributed by atoms with Gasteiger partial charge in [-0.3, -0.25) is 4.90 Å². The number of hydrogen-bond acceptors (Lipinski definition) is 3. The van der Waals surface area contributed by atoms with Crippen LogP contribution in [0.1, 0.15) is 45.9 Å². The van der Waals surface area contributed by atoms with E-state index in [0.717, 1.165) is 24.8 Å². The molecule has 1 fully saturated rings. The highest BCUT2D eigenvalue weighted by Crippen LogP contribution is 2.37. The van der Waals surface area contributed by atoms with Gasteiger partial charge in [0.2, 0.25) is 0 Å². The zero-order valence-electron chi connectivity index (χ0n) is 12.0. The van der Waals surface area contributed by atoms with Crippen LogP contribution in [0, 0.1) is 11.3 Å². The van der Waals surface area contributed by atoms with Gasteiger partial charge in [0.1, 0.15) is 5.76 Å². The highest BCUT2D eigenvalue weighted by molar-refractivity contribution is 5.08. The molecule has 2 rings (SSSR count). The molecule has 2 heterocycles. The number of rotatable bonds is 3. The molecule has 0 aliphatic carbocycles. The smallest absolute Gasteiger partial charge is 0.122 e. The summed E-state index contributed by atoms with van der Waals surface area (Å²) < 4.78 is 5.57. The summed E-state index contributed by atoms with van der Waals surface area (Å²) in [4.78, 5) is 2.49. The zero-order valence-corrected chi connectivity index (χ0v) is 12.0. The predicted octanol–water partition coefficient (Wildman–Crippen LogP) is 3.04. The van der Waals surface area contributed by atoms with Crippen LogP contribution in [0.5, 0.6) is 0 Å². The normalized spacial score (nSPS) is 25.3. The van der Waals surface area contributed by atoms with Crippen LogP contribution in [-0.4, -0.2) is 24.0 Å². The first-order chi connectivity index (χ1) is 8.39. The van der Waals surface area contributed by atoms with Gasteiger partial charge >= 0.3 is 0 Å². The van der Waals surface area contributed by atoms with Gasteiger partial charge in [-0.2, -0.15) is 0 Å². The van der Waals surface area contributed by atoms with Crippen molar-refractivity contribution in [1.29, 1.82) is 0 Å². The van der Waals surface area contributed by atoms with Gasteiger partial charge in [0.05, 0.1) is 12.3 Å². The molecule has 1 aliphatic heterocycles. The summed E-state index contributed by atoms with van der Waals surface area (Å²) in [6.45, 7) is 11.3. The van der Waals surface area contributed by atoms with E-state index in [2.05, 4.69) is 32.6 Å². The molecule has 1 saturated heterocycles. The molecule has 0 aromatic carbocycles. The number of nitrogens with zero attached hydrogens (tertiary/aromatic N) is 1. The lowest BCUT2D eigenvalue weighted by atomic mass is 9.80. The van der Waals surface area contributed by atoms with E-state index >= 15 is 0 Å². The topological polar surface area (TPSA) is 42.4 Å². The van der Waals surface area contributed by atoms with Gasteiger partial charge in [-0.1, -0.05) is 20.8 Å². The Kier molecular flexibility index (Phi) is 3.83. The van der Waals surface area contributed by atoms with Gasteiger partial charge in [0, 0.05) is 12.6 Å². The van der Waals surface area contributed by atoms with E-state index in [1.54, 1.807) is 6.26 Å². The fraction of sp³-hybridized carbons (Fsp3) is 0.733.